The van der Waals surface area contributed by atoms with E-state index in [-0.39, 0.29) is 0 Å². The largest absolute Gasteiger partial charge is 0.490 e. The molecule has 1 heterocycles. The lowest BCUT2D eigenvalue weighted by atomic mass is 10.6. The van der Waals surface area contributed by atoms with E-state index in [1.807, 2.05) is 0 Å². The van der Waals surface area contributed by atoms with Crippen LogP contribution in [0.3, 0.4) is 0 Å². The maximum absolute atomic E-state index is 10.4. The van der Waals surface area contributed by atoms with Crippen LogP contribution in [-0.2, 0) is 22.3 Å². The van der Waals surface area contributed by atoms with Crippen molar-refractivity contribution in [3.8, 4) is 0 Å². The molecule has 0 bridgehead atoms. The first kappa shape index (κ1) is 17.6. The smallest absolute Gasteiger partial charge is 0.302 e. The number of phosphoric acid groups is 3. The summed E-state index contributed by atoms with van der Waals surface area (Å²) in [4.78, 5) is 40.2. The standard InChI is InChI=1S/C3H6S.H5O10P3/c1-2-4-3-1;1-11(2,3)9-13(7,8)10-12(4,5)6/h2,4H,1,3H2;(H,7,8)(H2,1,2,3)(H2,4,5,6). The van der Waals surface area contributed by atoms with Crippen molar-refractivity contribution < 1.29 is 46.8 Å². The van der Waals surface area contributed by atoms with E-state index in [0.29, 0.717) is 0 Å². The molecule has 17 heavy (non-hydrogen) atoms. The quantitative estimate of drug-likeness (QED) is 0.233. The Balaban J connectivity index is 0.000000529. The summed E-state index contributed by atoms with van der Waals surface area (Å²) in [6.07, 6.45) is 1.36. The van der Waals surface area contributed by atoms with Crippen LogP contribution in [0.15, 0.2) is 0 Å². The van der Waals surface area contributed by atoms with E-state index in [4.69, 9.17) is 24.5 Å². The zero-order valence-electron chi connectivity index (χ0n) is 8.06. The fourth-order valence-electron chi connectivity index (χ4n) is 0.413. The van der Waals surface area contributed by atoms with Crippen LogP contribution in [0.4, 0.5) is 0 Å². The van der Waals surface area contributed by atoms with Crippen LogP contribution < -0.4 is 0 Å². The predicted octanol–water partition coefficient (Wildman–Crippen LogP) is -0.0368. The van der Waals surface area contributed by atoms with Gasteiger partial charge in [-0.3, -0.25) is 0 Å². The summed E-state index contributed by atoms with van der Waals surface area (Å²) in [5.41, 5.74) is 0. The van der Waals surface area contributed by atoms with Crippen molar-refractivity contribution in [2.75, 3.05) is 5.75 Å². The summed E-state index contributed by atoms with van der Waals surface area (Å²) in [5, 5.41) is 2.28. The summed E-state index contributed by atoms with van der Waals surface area (Å²) in [5.74, 6) is 1.42. The minimum absolute atomic E-state index is 1.36. The molecule has 0 spiro atoms. The molecule has 0 radical (unpaired) electrons. The Morgan fingerprint density at radius 3 is 1.29 bits per heavy atom. The van der Waals surface area contributed by atoms with E-state index in [2.05, 4.69) is 14.0 Å². The monoisotopic (exact) mass is 332 g/mol. The second kappa shape index (κ2) is 6.70. The number of hydrogen-bond donors (Lipinski definition) is 6. The van der Waals surface area contributed by atoms with Gasteiger partial charge in [-0.25, -0.2) is 25.0 Å². The van der Waals surface area contributed by atoms with Crippen LogP contribution in [0.25, 0.3) is 0 Å². The molecular weight excluding hydrogens is 321 g/mol. The first-order valence-electron chi connectivity index (χ1n) is 3.76. The van der Waals surface area contributed by atoms with Gasteiger partial charge in [0.2, 0.25) is 0 Å². The molecule has 1 aliphatic rings. The minimum Gasteiger partial charge on any atom is -0.302 e. The van der Waals surface area contributed by atoms with E-state index >= 15 is 0 Å². The molecule has 14 heteroatoms. The van der Waals surface area contributed by atoms with Crippen LogP contribution >= 0.6 is 34.8 Å². The highest BCUT2D eigenvalue weighted by Crippen LogP contribution is 2.64. The van der Waals surface area contributed by atoms with Crippen LogP contribution in [0.1, 0.15) is 6.42 Å². The first-order valence-corrected chi connectivity index (χ1v) is 9.47. The number of thiol groups is 1. The van der Waals surface area contributed by atoms with Gasteiger partial charge in [-0.15, -0.1) is 0 Å². The zero-order valence-corrected chi connectivity index (χ0v) is 11.6. The fraction of sp³-hybridized carbons (Fsp3) is 0.667. The van der Waals surface area contributed by atoms with Gasteiger partial charge in [-0.2, -0.15) is 8.62 Å². The summed E-state index contributed by atoms with van der Waals surface area (Å²) >= 11 is 1.55. The molecule has 0 aromatic heterocycles. The zero-order chi connectivity index (χ0) is 13.7. The normalized spacial score (nSPS) is 16.3. The maximum atomic E-state index is 10.4. The van der Waals surface area contributed by atoms with Gasteiger partial charge in [0, 0.05) is 0 Å². The molecule has 0 aliphatic carbocycles. The van der Waals surface area contributed by atoms with E-state index in [1.165, 1.54) is 12.2 Å². The van der Waals surface area contributed by atoms with Crippen LogP contribution in [0, 0.1) is 0 Å². The Bertz CT molecular complexity index is 371. The molecule has 104 valence electrons. The second-order valence-corrected chi connectivity index (χ2v) is 7.87. The van der Waals surface area contributed by atoms with E-state index in [1.54, 1.807) is 11.4 Å². The van der Waals surface area contributed by atoms with Crippen molar-refractivity contribution in [1.82, 2.24) is 0 Å². The predicted molar refractivity (Wildman–Crippen MR) is 60.6 cm³/mol. The number of hydrogen-bond acceptors (Lipinski definition) is 5. The van der Waals surface area contributed by atoms with Crippen LogP contribution in [-0.4, -0.2) is 35.6 Å². The molecule has 0 amide bonds. The van der Waals surface area contributed by atoms with E-state index < -0.39 is 23.5 Å². The van der Waals surface area contributed by atoms with Crippen molar-refractivity contribution in [2.45, 2.75) is 6.42 Å². The highest BCUT2D eigenvalue weighted by atomic mass is 32.1. The third kappa shape index (κ3) is 12.9. The van der Waals surface area contributed by atoms with Crippen molar-refractivity contribution in [3.63, 3.8) is 0 Å². The van der Waals surface area contributed by atoms with Gasteiger partial charge in [-0.05, 0) is 12.2 Å². The van der Waals surface area contributed by atoms with E-state index in [9.17, 15) is 13.7 Å². The van der Waals surface area contributed by atoms with Crippen molar-refractivity contribution in [2.24, 2.45) is 0 Å². The lowest BCUT2D eigenvalue weighted by Gasteiger charge is -2.11. The molecule has 0 aromatic rings. The Hall–Kier alpha value is 0.630. The molecule has 0 fully saturated rings. The van der Waals surface area contributed by atoms with Gasteiger partial charge in [0.25, 0.3) is 0 Å². The third-order valence-corrected chi connectivity index (χ3v) is 5.32. The summed E-state index contributed by atoms with van der Waals surface area (Å²) in [7, 11) is -16.2. The van der Waals surface area contributed by atoms with Gasteiger partial charge in [0.15, 0.2) is 0 Å². The molecule has 10 nitrogen and oxygen atoms in total. The minimum atomic E-state index is -5.46. The molecular formula is C3H11O10P3S. The van der Waals surface area contributed by atoms with Gasteiger partial charge >= 0.3 is 23.5 Å². The molecule has 0 saturated heterocycles. The van der Waals surface area contributed by atoms with Crippen molar-refractivity contribution in [1.29, 1.82) is 0 Å². The highest BCUT2D eigenvalue weighted by Gasteiger charge is 2.38. The van der Waals surface area contributed by atoms with Crippen LogP contribution in [0.5, 0.6) is 0 Å². The lowest BCUT2D eigenvalue weighted by molar-refractivity contribution is 0.204. The molecule has 0 atom stereocenters. The third-order valence-electron chi connectivity index (χ3n) is 0.935. The van der Waals surface area contributed by atoms with Crippen molar-refractivity contribution >= 4 is 40.2 Å². The fourth-order valence-corrected chi connectivity index (χ4v) is 3.21. The Morgan fingerprint density at radius 1 is 0.941 bits per heavy atom. The van der Waals surface area contributed by atoms with Gasteiger partial charge in [-0.1, -0.05) is 5.37 Å². The Kier molecular flexibility index (Phi) is 6.95. The van der Waals surface area contributed by atoms with Crippen LogP contribution in [0.2, 0.25) is 0 Å². The first-order chi connectivity index (χ1) is 7.41. The molecule has 0 unspecified atom stereocenters. The van der Waals surface area contributed by atoms with Gasteiger partial charge in [0.05, 0.1) is 0 Å². The summed E-state index contributed by atoms with van der Waals surface area (Å²) < 4.78 is 36.4. The van der Waals surface area contributed by atoms with Gasteiger partial charge < -0.3 is 24.5 Å². The Labute approximate surface area is 99.6 Å². The highest BCUT2D eigenvalue weighted by molar-refractivity contribution is 7.99. The lowest BCUT2D eigenvalue weighted by Crippen LogP contribution is -1.91. The number of rotatable bonds is 4. The molecule has 1 aliphatic heterocycles. The topological polar surface area (TPSA) is 171 Å². The molecule has 0 saturated carbocycles. The molecule has 5 N–H and O–H groups in total. The average molecular weight is 332 g/mol. The average Bonchev–Trinajstić information content (AvgIpc) is 1.64. The summed E-state index contributed by atoms with van der Waals surface area (Å²) in [6.45, 7) is 0. The second-order valence-electron chi connectivity index (χ2n) is 2.49. The van der Waals surface area contributed by atoms with Crippen molar-refractivity contribution in [3.05, 3.63) is 0 Å². The Morgan fingerprint density at radius 2 is 1.18 bits per heavy atom. The summed E-state index contributed by atoms with van der Waals surface area (Å²) in [6, 6.07) is 0. The maximum Gasteiger partial charge on any atom is 0.490 e. The molecule has 0 aromatic carbocycles. The van der Waals surface area contributed by atoms with Gasteiger partial charge in [0.1, 0.15) is 0 Å². The van der Waals surface area contributed by atoms with E-state index in [0.717, 1.165) is 0 Å². The SMILES string of the molecule is C1=[SH]CC1.O=P(O)(O)OP(=O)(O)OP(=O)(O)O. The molecule has 1 rings (SSSR count).